The number of rotatable bonds is 4. The van der Waals surface area contributed by atoms with Crippen LogP contribution in [0.1, 0.15) is 54.4 Å². The molecule has 2 aromatic rings. The summed E-state index contributed by atoms with van der Waals surface area (Å²) in [6.07, 6.45) is -1.65. The minimum atomic E-state index is -4.48. The molecule has 1 saturated heterocycles. The lowest BCUT2D eigenvalue weighted by Crippen LogP contribution is -2.78. The van der Waals surface area contributed by atoms with Gasteiger partial charge >= 0.3 is 6.18 Å². The molecule has 226 valence electrons. The Balaban J connectivity index is 1.25. The van der Waals surface area contributed by atoms with Crippen LogP contribution in [-0.4, -0.2) is 74.8 Å². The number of aliphatic hydroxyl groups is 1. The molecular formula is C31H30F3N3O6. The number of phenols is 1. The fourth-order valence-electron chi connectivity index (χ4n) is 8.19. The van der Waals surface area contributed by atoms with E-state index in [2.05, 4.69) is 16.7 Å². The number of likely N-dealkylation sites (tertiary alicyclic amines) is 1. The van der Waals surface area contributed by atoms with E-state index in [4.69, 9.17) is 4.74 Å². The number of ether oxygens (including phenoxy) is 1. The average molecular weight is 598 g/mol. The van der Waals surface area contributed by atoms with Crippen molar-refractivity contribution in [3.05, 3.63) is 62.7 Å². The Morgan fingerprint density at radius 1 is 1.23 bits per heavy atom. The zero-order chi connectivity index (χ0) is 30.5. The third kappa shape index (κ3) is 4.04. The maximum absolute atomic E-state index is 13.3. The van der Waals surface area contributed by atoms with Gasteiger partial charge in [0.15, 0.2) is 11.5 Å². The molecule has 2 heterocycles. The fourth-order valence-corrected chi connectivity index (χ4v) is 8.19. The first-order chi connectivity index (χ1) is 20.3. The van der Waals surface area contributed by atoms with Gasteiger partial charge in [0.25, 0.3) is 11.6 Å². The monoisotopic (exact) mass is 597 g/mol. The summed E-state index contributed by atoms with van der Waals surface area (Å²) in [5.74, 6) is 4.87. The molecule has 0 aromatic heterocycles. The molecule has 5 atom stereocenters. The predicted molar refractivity (Wildman–Crippen MR) is 146 cm³/mol. The highest BCUT2D eigenvalue weighted by Crippen LogP contribution is 2.67. The van der Waals surface area contributed by atoms with E-state index in [0.29, 0.717) is 42.9 Å². The molecule has 1 amide bonds. The van der Waals surface area contributed by atoms with Gasteiger partial charge in [-0.15, -0.1) is 0 Å². The van der Waals surface area contributed by atoms with E-state index in [1.165, 1.54) is 17.0 Å². The molecule has 43 heavy (non-hydrogen) atoms. The van der Waals surface area contributed by atoms with Crippen molar-refractivity contribution in [1.29, 1.82) is 0 Å². The Bertz CT molecular complexity index is 1600. The van der Waals surface area contributed by atoms with Crippen molar-refractivity contribution < 1.29 is 37.8 Å². The molecule has 2 saturated carbocycles. The first-order valence-corrected chi connectivity index (χ1v) is 14.5. The van der Waals surface area contributed by atoms with Gasteiger partial charge in [-0.2, -0.15) is 13.2 Å². The summed E-state index contributed by atoms with van der Waals surface area (Å²) < 4.78 is 45.2. The summed E-state index contributed by atoms with van der Waals surface area (Å²) in [5, 5.41) is 35.7. The number of phenolic OH excluding ortho intramolecular Hbond substituents is 1. The van der Waals surface area contributed by atoms with Crippen molar-refractivity contribution in [2.75, 3.05) is 20.1 Å². The molecule has 5 aliphatic rings. The summed E-state index contributed by atoms with van der Waals surface area (Å²) in [4.78, 5) is 28.7. The van der Waals surface area contributed by atoms with Gasteiger partial charge in [-0.25, -0.2) is 0 Å². The first-order valence-electron chi connectivity index (χ1n) is 14.5. The molecule has 7 rings (SSSR count). The summed E-state index contributed by atoms with van der Waals surface area (Å²) in [6.45, 7) is 1.45. The van der Waals surface area contributed by atoms with Crippen LogP contribution in [0.5, 0.6) is 11.5 Å². The van der Waals surface area contributed by atoms with Gasteiger partial charge in [0, 0.05) is 42.2 Å². The van der Waals surface area contributed by atoms with Crippen LogP contribution in [0.2, 0.25) is 0 Å². The Hall–Kier alpha value is -3.82. The van der Waals surface area contributed by atoms with Crippen molar-refractivity contribution in [2.24, 2.45) is 5.92 Å². The first kappa shape index (κ1) is 28.0. The molecule has 2 N–H and O–H groups in total. The van der Waals surface area contributed by atoms with Crippen LogP contribution in [0.3, 0.4) is 0 Å². The number of nitro groups is 1. The molecule has 2 bridgehead atoms. The number of hydrogen-bond donors (Lipinski definition) is 2. The van der Waals surface area contributed by atoms with Gasteiger partial charge in [0.05, 0.1) is 33.6 Å². The number of likely N-dealkylation sites (N-methyl/N-ethyl adjacent to an activating group) is 1. The van der Waals surface area contributed by atoms with Gasteiger partial charge in [0.2, 0.25) is 0 Å². The SMILES string of the molecule is CN(C(=O)C#Cc1ccc(C(F)(F)F)cc1)[C@H]1CC[C@@]2(O)[C@H]3Cc4c([N+](=O)[O-])cc(O)c5c4[C@@]2(CCN3CC2CC2)[C@H]1O5. The van der Waals surface area contributed by atoms with Crippen molar-refractivity contribution >= 4 is 11.6 Å². The van der Waals surface area contributed by atoms with Gasteiger partial charge < -0.3 is 19.8 Å². The minimum Gasteiger partial charge on any atom is -0.504 e. The molecule has 3 aliphatic carbocycles. The van der Waals surface area contributed by atoms with E-state index in [1.807, 2.05) is 0 Å². The Labute approximate surface area is 245 Å². The summed E-state index contributed by atoms with van der Waals surface area (Å²) in [7, 11) is 1.56. The maximum atomic E-state index is 13.3. The maximum Gasteiger partial charge on any atom is 0.416 e. The highest BCUT2D eigenvalue weighted by atomic mass is 19.4. The molecule has 2 aromatic carbocycles. The highest BCUT2D eigenvalue weighted by Gasteiger charge is 2.74. The number of alkyl halides is 3. The molecule has 12 heteroatoms. The van der Waals surface area contributed by atoms with E-state index >= 15 is 0 Å². The third-order valence-electron chi connectivity index (χ3n) is 10.4. The van der Waals surface area contributed by atoms with E-state index in [0.717, 1.165) is 37.6 Å². The lowest BCUT2D eigenvalue weighted by atomic mass is 9.48. The van der Waals surface area contributed by atoms with E-state index in [-0.39, 0.29) is 35.2 Å². The summed E-state index contributed by atoms with van der Waals surface area (Å²) >= 11 is 0. The van der Waals surface area contributed by atoms with E-state index in [1.54, 1.807) is 7.05 Å². The minimum absolute atomic E-state index is 0.127. The normalized spacial score (nSPS) is 30.5. The van der Waals surface area contributed by atoms with Gasteiger partial charge in [0.1, 0.15) is 6.10 Å². The Kier molecular flexibility index (Phi) is 6.08. The number of benzene rings is 2. The predicted octanol–water partition coefficient (Wildman–Crippen LogP) is 3.76. The Morgan fingerprint density at radius 2 is 1.95 bits per heavy atom. The Morgan fingerprint density at radius 3 is 2.60 bits per heavy atom. The second-order valence-corrected chi connectivity index (χ2v) is 12.5. The smallest absolute Gasteiger partial charge is 0.416 e. The number of nitrogens with zero attached hydrogens (tertiary/aromatic N) is 3. The molecule has 2 aliphatic heterocycles. The summed E-state index contributed by atoms with van der Waals surface area (Å²) in [6, 6.07) is 4.37. The molecule has 9 nitrogen and oxygen atoms in total. The van der Waals surface area contributed by atoms with Gasteiger partial charge in [-0.3, -0.25) is 19.8 Å². The zero-order valence-corrected chi connectivity index (χ0v) is 23.4. The van der Waals surface area contributed by atoms with Crippen LogP contribution in [0, 0.1) is 27.9 Å². The second-order valence-electron chi connectivity index (χ2n) is 12.5. The van der Waals surface area contributed by atoms with Crippen LogP contribution in [-0.2, 0) is 22.8 Å². The molecule has 1 spiro atoms. The fraction of sp³-hybridized carbons (Fsp3) is 0.516. The van der Waals surface area contributed by atoms with Crippen molar-refractivity contribution in [3.63, 3.8) is 0 Å². The second kappa shape index (κ2) is 9.34. The van der Waals surface area contributed by atoms with Crippen LogP contribution < -0.4 is 4.74 Å². The van der Waals surface area contributed by atoms with Crippen LogP contribution in [0.4, 0.5) is 18.9 Å². The number of amides is 1. The topological polar surface area (TPSA) is 116 Å². The number of carbonyl (C=O) groups is 1. The lowest BCUT2D eigenvalue weighted by molar-refractivity contribution is -0.386. The molecular weight excluding hydrogens is 567 g/mol. The van der Waals surface area contributed by atoms with E-state index in [9.17, 15) is 38.3 Å². The number of aromatic hydroxyl groups is 1. The number of carbonyl (C=O) groups excluding carboxylic acids is 1. The number of nitro benzene ring substituents is 1. The number of halogens is 3. The van der Waals surface area contributed by atoms with Gasteiger partial charge in [-0.05, 0) is 75.3 Å². The largest absolute Gasteiger partial charge is 0.504 e. The number of hydrogen-bond acceptors (Lipinski definition) is 7. The van der Waals surface area contributed by atoms with E-state index < -0.39 is 45.7 Å². The third-order valence-corrected chi connectivity index (χ3v) is 10.4. The lowest BCUT2D eigenvalue weighted by Gasteiger charge is -2.64. The highest BCUT2D eigenvalue weighted by molar-refractivity contribution is 5.94. The summed E-state index contributed by atoms with van der Waals surface area (Å²) in [5.41, 5.74) is -2.20. The molecule has 0 radical (unpaired) electrons. The standard InChI is InChI=1S/C31H30F3N3O6/c1-35(25(39)9-6-17-4-7-19(8-5-17)31(32,33)34)21-10-11-30(40)24-14-20-22(37(41)42)15-23(38)27-26(20)29(30,28(21)43-27)12-13-36(24)16-18-2-3-18/h4-5,7-8,15,18,21,24,28,38,40H,2-3,10-14,16H2,1H3/t21-,24+,28-,29-,30+/m0/s1. The van der Waals surface area contributed by atoms with Crippen molar-refractivity contribution in [1.82, 2.24) is 9.80 Å². The van der Waals surface area contributed by atoms with Crippen LogP contribution in [0.25, 0.3) is 0 Å². The number of piperidine rings is 1. The molecule has 3 fully saturated rings. The quantitative estimate of drug-likeness (QED) is 0.313. The van der Waals surface area contributed by atoms with Crippen molar-refractivity contribution in [2.45, 2.75) is 73.9 Å². The van der Waals surface area contributed by atoms with Crippen LogP contribution in [0.15, 0.2) is 30.3 Å². The van der Waals surface area contributed by atoms with Crippen molar-refractivity contribution in [3.8, 4) is 23.3 Å². The van der Waals surface area contributed by atoms with Gasteiger partial charge in [-0.1, -0.05) is 5.92 Å². The molecule has 0 unspecified atom stereocenters. The average Bonchev–Trinajstić information content (AvgIpc) is 3.70. The van der Waals surface area contributed by atoms with Crippen LogP contribution >= 0.6 is 0 Å². The zero-order valence-electron chi connectivity index (χ0n) is 23.4.